The number of ether oxygens (including phenoxy) is 7. The third kappa shape index (κ3) is 8.01. The maximum absolute atomic E-state index is 15.8. The minimum absolute atomic E-state index is 0.00411. The standard InChI is InChI=1S/C41H52NO16P/c1-10-16-51-37(49)55-27-17-28-40(19-52-28,57-24(6)45)32-34(56-35(47)25-14-12-11-13-15-25)41(50)18-26(54-36(48)30(58-59)21(3)42-22(4)43)20(2)29(38(41,7)8)31(53-23(5)44)33(46)39(27,32)9/h10-15,21,26-28,30-32,34,50H,1,16-19,59H2,2-9H3,(H,42,43)/t21-,26-,27-,28+,30+,31+,32-,34-,39+,40-,41+/m0/s1. The molecule has 5 rings (SSSR count). The zero-order valence-electron chi connectivity index (χ0n) is 34.3. The van der Waals surface area contributed by atoms with Crippen LogP contribution in [0.3, 0.4) is 0 Å². The molecule has 0 spiro atoms. The number of Topliss-reactive ketones (excluding diaryl/α,β-unsaturated/α-hetero) is 1. The molecule has 1 heterocycles. The molecule has 322 valence electrons. The number of amides is 1. The van der Waals surface area contributed by atoms with Gasteiger partial charge in [0.05, 0.1) is 29.5 Å². The Morgan fingerprint density at radius 3 is 2.22 bits per heavy atom. The highest BCUT2D eigenvalue weighted by Crippen LogP contribution is 2.65. The number of rotatable bonds is 12. The molecule has 0 radical (unpaired) electrons. The van der Waals surface area contributed by atoms with E-state index in [2.05, 4.69) is 11.9 Å². The first kappa shape index (κ1) is 45.4. The molecule has 4 aliphatic rings. The van der Waals surface area contributed by atoms with E-state index in [-0.39, 0.29) is 36.3 Å². The summed E-state index contributed by atoms with van der Waals surface area (Å²) in [5, 5.41) is 16.3. The van der Waals surface area contributed by atoms with E-state index >= 15 is 4.79 Å². The Balaban J connectivity index is 1.84. The summed E-state index contributed by atoms with van der Waals surface area (Å²) in [5.41, 5.74) is -7.73. The highest BCUT2D eigenvalue weighted by Gasteiger charge is 2.79. The lowest BCUT2D eigenvalue weighted by molar-refractivity contribution is -0.346. The number of nitrogens with one attached hydrogen (secondary N) is 1. The second-order valence-electron chi connectivity index (χ2n) is 16.2. The third-order valence-electron chi connectivity index (χ3n) is 12.2. The zero-order chi connectivity index (χ0) is 43.8. The van der Waals surface area contributed by atoms with Crippen LogP contribution in [0.4, 0.5) is 4.79 Å². The SMILES string of the molecule is C=CCOC(=O)O[C@H]1C[C@H]2OC[C@@]2(OC(C)=O)[C@H]2[C@H](OC(=O)c3ccccc3)[C@]3(O)C[C@H](OC(=O)[C@H](OP)[C@H](C)NC(C)=O)C(C)=C([C@@H](OC(C)=O)C(=O)[C@]12C)C3(C)C. The van der Waals surface area contributed by atoms with E-state index in [1.165, 1.54) is 45.9 Å². The monoisotopic (exact) mass is 845 g/mol. The fourth-order valence-corrected chi connectivity index (χ4v) is 9.77. The van der Waals surface area contributed by atoms with Crippen molar-refractivity contribution in [3.05, 3.63) is 59.7 Å². The van der Waals surface area contributed by atoms with Gasteiger partial charge in [-0.1, -0.05) is 44.7 Å². The predicted octanol–water partition coefficient (Wildman–Crippen LogP) is 3.25. The first-order chi connectivity index (χ1) is 27.6. The molecule has 1 saturated heterocycles. The minimum atomic E-state index is -2.39. The molecule has 59 heavy (non-hydrogen) atoms. The molecule has 2 bridgehead atoms. The summed E-state index contributed by atoms with van der Waals surface area (Å²) in [7, 11) is 1.95. The molecule has 3 aliphatic carbocycles. The Hall–Kier alpha value is -4.70. The summed E-state index contributed by atoms with van der Waals surface area (Å²) >= 11 is 0. The summed E-state index contributed by atoms with van der Waals surface area (Å²) in [6.45, 7) is 14.0. The first-order valence-corrected chi connectivity index (χ1v) is 19.6. The molecular formula is C41H52NO16P. The fraction of sp³-hybridized carbons (Fsp3) is 0.585. The van der Waals surface area contributed by atoms with Crippen LogP contribution in [-0.4, -0.2) is 114 Å². The highest BCUT2D eigenvalue weighted by atomic mass is 31.0. The number of hydrogen-bond acceptors (Lipinski definition) is 16. The Morgan fingerprint density at radius 1 is 1.02 bits per heavy atom. The van der Waals surface area contributed by atoms with Gasteiger partial charge in [-0.2, -0.15) is 0 Å². The smallest absolute Gasteiger partial charge is 0.456 e. The molecular weight excluding hydrogens is 793 g/mol. The number of carbonyl (C=O) groups excluding carboxylic acids is 7. The number of fused-ring (bicyclic) bond motifs is 5. The van der Waals surface area contributed by atoms with E-state index in [9.17, 15) is 33.9 Å². The number of ketones is 1. The van der Waals surface area contributed by atoms with Crippen molar-refractivity contribution in [3.63, 3.8) is 0 Å². The average Bonchev–Trinajstić information content (AvgIpc) is 3.14. The van der Waals surface area contributed by atoms with Gasteiger partial charge in [0.15, 0.2) is 23.6 Å². The van der Waals surface area contributed by atoms with Crippen molar-refractivity contribution in [2.24, 2.45) is 16.7 Å². The highest BCUT2D eigenvalue weighted by molar-refractivity contribution is 7.09. The number of benzene rings is 1. The molecule has 3 fully saturated rings. The second-order valence-corrected chi connectivity index (χ2v) is 16.4. The molecule has 1 aromatic carbocycles. The summed E-state index contributed by atoms with van der Waals surface area (Å²) < 4.78 is 46.8. The maximum Gasteiger partial charge on any atom is 0.508 e. The van der Waals surface area contributed by atoms with E-state index in [0.29, 0.717) is 0 Å². The molecule has 2 saturated carbocycles. The Bertz CT molecular complexity index is 1920. The topological polar surface area (TPSA) is 226 Å². The Morgan fingerprint density at radius 2 is 1.68 bits per heavy atom. The molecule has 18 heteroatoms. The molecule has 1 amide bonds. The molecule has 2 N–H and O–H groups in total. The molecule has 0 aromatic heterocycles. The van der Waals surface area contributed by atoms with Gasteiger partial charge in [0.25, 0.3) is 0 Å². The van der Waals surface area contributed by atoms with Crippen molar-refractivity contribution in [3.8, 4) is 0 Å². The maximum atomic E-state index is 15.8. The van der Waals surface area contributed by atoms with Crippen LogP contribution in [0, 0.1) is 16.7 Å². The van der Waals surface area contributed by atoms with Crippen molar-refractivity contribution < 1.29 is 76.4 Å². The zero-order valence-corrected chi connectivity index (χ0v) is 35.4. The molecule has 1 unspecified atom stereocenters. The third-order valence-corrected chi connectivity index (χ3v) is 12.5. The van der Waals surface area contributed by atoms with E-state index in [1.807, 2.05) is 9.47 Å². The fourth-order valence-electron chi connectivity index (χ4n) is 9.43. The quantitative estimate of drug-likeness (QED) is 0.133. The van der Waals surface area contributed by atoms with Gasteiger partial charge >= 0.3 is 30.0 Å². The summed E-state index contributed by atoms with van der Waals surface area (Å²) in [6, 6.07) is 6.90. The van der Waals surface area contributed by atoms with Crippen LogP contribution in [-0.2, 0) is 61.7 Å². The average molecular weight is 846 g/mol. The first-order valence-electron chi connectivity index (χ1n) is 19.1. The van der Waals surface area contributed by atoms with Gasteiger partial charge in [0.2, 0.25) is 5.91 Å². The normalized spacial score (nSPS) is 32.7. The van der Waals surface area contributed by atoms with Crippen molar-refractivity contribution in [2.75, 3.05) is 13.2 Å². The lowest BCUT2D eigenvalue weighted by Crippen LogP contribution is -2.82. The number of carbonyl (C=O) groups is 7. The molecule has 17 nitrogen and oxygen atoms in total. The van der Waals surface area contributed by atoms with Crippen molar-refractivity contribution >= 4 is 51.2 Å². The number of hydrogen-bond donors (Lipinski definition) is 2. The lowest BCUT2D eigenvalue weighted by atomic mass is 9.44. The van der Waals surface area contributed by atoms with Crippen molar-refractivity contribution in [1.82, 2.24) is 5.32 Å². The van der Waals surface area contributed by atoms with Gasteiger partial charge in [-0.05, 0) is 44.1 Å². The summed E-state index contributed by atoms with van der Waals surface area (Å²) in [6.07, 6.45) is -9.71. The lowest BCUT2D eigenvalue weighted by Gasteiger charge is -2.67. The van der Waals surface area contributed by atoms with Crippen LogP contribution >= 0.6 is 9.47 Å². The van der Waals surface area contributed by atoms with Crippen LogP contribution in [0.1, 0.15) is 78.6 Å². The van der Waals surface area contributed by atoms with Crippen LogP contribution in [0.5, 0.6) is 0 Å². The van der Waals surface area contributed by atoms with Gasteiger partial charge in [-0.25, -0.2) is 14.4 Å². The van der Waals surface area contributed by atoms with E-state index in [0.717, 1.165) is 13.8 Å². The molecule has 12 atom stereocenters. The number of aliphatic hydroxyl groups is 1. The number of esters is 4. The van der Waals surface area contributed by atoms with Crippen LogP contribution in [0.2, 0.25) is 0 Å². The van der Waals surface area contributed by atoms with Gasteiger partial charge in [0.1, 0.15) is 36.6 Å². The van der Waals surface area contributed by atoms with E-state index < -0.39 is 119 Å². The van der Waals surface area contributed by atoms with Gasteiger partial charge in [0, 0.05) is 48.5 Å². The van der Waals surface area contributed by atoms with Gasteiger partial charge in [-0.3, -0.25) is 19.2 Å². The van der Waals surface area contributed by atoms with Crippen molar-refractivity contribution in [2.45, 2.75) is 122 Å². The molecule has 1 aromatic rings. The van der Waals surface area contributed by atoms with Crippen molar-refractivity contribution in [1.29, 1.82) is 0 Å². The van der Waals surface area contributed by atoms with Gasteiger partial charge < -0.3 is 48.1 Å². The second kappa shape index (κ2) is 17.1. The van der Waals surface area contributed by atoms with E-state index in [1.54, 1.807) is 32.0 Å². The van der Waals surface area contributed by atoms with Gasteiger partial charge in [-0.15, -0.1) is 0 Å². The molecule has 1 aliphatic heterocycles. The van der Waals surface area contributed by atoms with Crippen LogP contribution in [0.25, 0.3) is 0 Å². The summed E-state index contributed by atoms with van der Waals surface area (Å²) in [5.74, 6) is -6.58. The van der Waals surface area contributed by atoms with E-state index in [4.69, 9.17) is 37.7 Å². The van der Waals surface area contributed by atoms with Crippen LogP contribution in [0.15, 0.2) is 54.1 Å². The Labute approximate surface area is 344 Å². The van der Waals surface area contributed by atoms with Crippen LogP contribution < -0.4 is 5.32 Å². The Kier molecular flexibility index (Phi) is 13.2. The summed E-state index contributed by atoms with van der Waals surface area (Å²) in [4.78, 5) is 95.2. The minimum Gasteiger partial charge on any atom is -0.456 e. The largest absolute Gasteiger partial charge is 0.508 e. The predicted molar refractivity (Wildman–Crippen MR) is 207 cm³/mol.